The minimum absolute atomic E-state index is 0.0369. The number of fused-ring (bicyclic) bond motifs is 1. The maximum atomic E-state index is 12.8. The second-order valence-corrected chi connectivity index (χ2v) is 6.41. The molecule has 4 aliphatic rings. The van der Waals surface area contributed by atoms with Crippen molar-refractivity contribution >= 4 is 5.91 Å². The number of carbonyl (C=O) groups is 1. The summed E-state index contributed by atoms with van der Waals surface area (Å²) in [5.41, 5.74) is 2.23. The topological polar surface area (TPSA) is 42.1 Å². The standard InChI is InChI=1S/C15H21NO3/c1-10-11(9-18-13-12(10)19-13)16-8-7-15(14(16)17)5-3-2-4-6-15/h12-13H,2-9H2,1H3. The molecule has 3 aliphatic heterocycles. The van der Waals surface area contributed by atoms with E-state index in [2.05, 4.69) is 6.92 Å². The number of carbonyl (C=O) groups excluding carboxylic acids is 1. The van der Waals surface area contributed by atoms with Gasteiger partial charge in [0.1, 0.15) is 6.10 Å². The van der Waals surface area contributed by atoms with Crippen molar-refractivity contribution in [3.63, 3.8) is 0 Å². The fourth-order valence-corrected chi connectivity index (χ4v) is 4.03. The summed E-state index contributed by atoms with van der Waals surface area (Å²) in [6.45, 7) is 3.49. The minimum Gasteiger partial charge on any atom is -0.343 e. The molecule has 4 rings (SSSR count). The van der Waals surface area contributed by atoms with Gasteiger partial charge in [-0.15, -0.1) is 0 Å². The Hall–Kier alpha value is -0.870. The van der Waals surface area contributed by atoms with Gasteiger partial charge in [-0.2, -0.15) is 0 Å². The van der Waals surface area contributed by atoms with Crippen molar-refractivity contribution < 1.29 is 14.3 Å². The predicted octanol–water partition coefficient (Wildman–Crippen LogP) is 2.20. The van der Waals surface area contributed by atoms with E-state index in [-0.39, 0.29) is 17.8 Å². The number of amides is 1. The highest BCUT2D eigenvalue weighted by Crippen LogP contribution is 2.47. The van der Waals surface area contributed by atoms with Gasteiger partial charge in [-0.3, -0.25) is 4.79 Å². The lowest BCUT2D eigenvalue weighted by Crippen LogP contribution is -2.38. The number of ether oxygens (including phenoxy) is 2. The molecule has 0 radical (unpaired) electrons. The molecular weight excluding hydrogens is 242 g/mol. The van der Waals surface area contributed by atoms with Gasteiger partial charge in [0.2, 0.25) is 5.91 Å². The monoisotopic (exact) mass is 263 g/mol. The third-order valence-corrected chi connectivity index (χ3v) is 5.37. The van der Waals surface area contributed by atoms with Crippen LogP contribution in [0, 0.1) is 5.41 Å². The highest BCUT2D eigenvalue weighted by atomic mass is 16.8. The Kier molecular flexibility index (Phi) is 2.55. The second-order valence-electron chi connectivity index (χ2n) is 6.41. The number of epoxide rings is 1. The molecule has 0 aromatic rings. The third-order valence-electron chi connectivity index (χ3n) is 5.37. The Morgan fingerprint density at radius 3 is 2.79 bits per heavy atom. The summed E-state index contributed by atoms with van der Waals surface area (Å²) in [6, 6.07) is 0. The van der Waals surface area contributed by atoms with Gasteiger partial charge in [0.05, 0.1) is 12.0 Å². The summed E-state index contributed by atoms with van der Waals surface area (Å²) < 4.78 is 11.0. The van der Waals surface area contributed by atoms with Gasteiger partial charge in [0.25, 0.3) is 0 Å². The molecule has 0 aromatic carbocycles. The zero-order valence-corrected chi connectivity index (χ0v) is 11.5. The zero-order chi connectivity index (χ0) is 13.0. The fourth-order valence-electron chi connectivity index (χ4n) is 4.03. The van der Waals surface area contributed by atoms with Gasteiger partial charge in [0.15, 0.2) is 6.29 Å². The van der Waals surface area contributed by atoms with Gasteiger partial charge in [-0.05, 0) is 31.8 Å². The van der Waals surface area contributed by atoms with Crippen LogP contribution in [0.5, 0.6) is 0 Å². The van der Waals surface area contributed by atoms with Crippen LogP contribution in [-0.4, -0.2) is 36.4 Å². The van der Waals surface area contributed by atoms with Crippen molar-refractivity contribution in [2.24, 2.45) is 5.41 Å². The molecule has 3 heterocycles. The molecule has 104 valence electrons. The van der Waals surface area contributed by atoms with Crippen molar-refractivity contribution in [3.8, 4) is 0 Å². The van der Waals surface area contributed by atoms with Crippen LogP contribution in [-0.2, 0) is 14.3 Å². The van der Waals surface area contributed by atoms with Crippen LogP contribution in [0.1, 0.15) is 45.4 Å². The van der Waals surface area contributed by atoms with Crippen LogP contribution in [0.15, 0.2) is 11.3 Å². The molecular formula is C15H21NO3. The average molecular weight is 263 g/mol. The quantitative estimate of drug-likeness (QED) is 0.681. The normalized spacial score (nSPS) is 36.9. The van der Waals surface area contributed by atoms with Crippen molar-refractivity contribution in [1.82, 2.24) is 4.90 Å². The van der Waals surface area contributed by atoms with Gasteiger partial charge < -0.3 is 14.4 Å². The van der Waals surface area contributed by atoms with E-state index >= 15 is 0 Å². The number of likely N-dealkylation sites (tertiary alicyclic amines) is 1. The van der Waals surface area contributed by atoms with Crippen molar-refractivity contribution in [3.05, 3.63) is 11.3 Å². The first-order valence-corrected chi connectivity index (χ1v) is 7.50. The maximum absolute atomic E-state index is 12.8. The van der Waals surface area contributed by atoms with E-state index in [0.717, 1.165) is 31.5 Å². The number of nitrogens with zero attached hydrogens (tertiary/aromatic N) is 1. The smallest absolute Gasteiger partial charge is 0.233 e. The second kappa shape index (κ2) is 4.06. The molecule has 2 atom stereocenters. The molecule has 1 aliphatic carbocycles. The Morgan fingerprint density at radius 2 is 2.00 bits per heavy atom. The first-order valence-electron chi connectivity index (χ1n) is 7.50. The van der Waals surface area contributed by atoms with E-state index in [1.165, 1.54) is 24.8 Å². The Labute approximate surface area is 113 Å². The molecule has 4 nitrogen and oxygen atoms in total. The van der Waals surface area contributed by atoms with Gasteiger partial charge in [0, 0.05) is 12.2 Å². The molecule has 4 heteroatoms. The van der Waals surface area contributed by atoms with E-state index in [1.54, 1.807) is 0 Å². The lowest BCUT2D eigenvalue weighted by Gasteiger charge is -2.32. The van der Waals surface area contributed by atoms with E-state index in [0.29, 0.717) is 12.5 Å². The summed E-state index contributed by atoms with van der Waals surface area (Å²) in [5.74, 6) is 0.351. The first-order chi connectivity index (χ1) is 9.21. The summed E-state index contributed by atoms with van der Waals surface area (Å²) in [4.78, 5) is 14.8. The molecule has 0 bridgehead atoms. The van der Waals surface area contributed by atoms with Crippen LogP contribution < -0.4 is 0 Å². The number of hydrogen-bond acceptors (Lipinski definition) is 3. The molecule has 2 saturated heterocycles. The Morgan fingerprint density at radius 1 is 1.21 bits per heavy atom. The summed E-state index contributed by atoms with van der Waals surface area (Å²) in [6.07, 6.45) is 6.97. The van der Waals surface area contributed by atoms with Crippen molar-refractivity contribution in [1.29, 1.82) is 0 Å². The number of rotatable bonds is 1. The summed E-state index contributed by atoms with van der Waals surface area (Å²) in [5, 5.41) is 0. The van der Waals surface area contributed by atoms with E-state index in [9.17, 15) is 4.79 Å². The van der Waals surface area contributed by atoms with E-state index < -0.39 is 0 Å². The highest BCUT2D eigenvalue weighted by Gasteiger charge is 2.51. The van der Waals surface area contributed by atoms with Crippen LogP contribution in [0.3, 0.4) is 0 Å². The van der Waals surface area contributed by atoms with Crippen LogP contribution in [0.4, 0.5) is 0 Å². The lowest BCUT2D eigenvalue weighted by molar-refractivity contribution is -0.136. The third kappa shape index (κ3) is 1.69. The van der Waals surface area contributed by atoms with E-state index in [1.807, 2.05) is 4.90 Å². The van der Waals surface area contributed by atoms with Crippen LogP contribution in [0.25, 0.3) is 0 Å². The lowest BCUT2D eigenvalue weighted by atomic mass is 9.73. The largest absolute Gasteiger partial charge is 0.343 e. The van der Waals surface area contributed by atoms with Gasteiger partial charge >= 0.3 is 0 Å². The molecule has 0 N–H and O–H groups in total. The Bertz CT molecular complexity index is 450. The molecule has 3 fully saturated rings. The average Bonchev–Trinajstić information content (AvgIpc) is 3.17. The van der Waals surface area contributed by atoms with Crippen LogP contribution in [0.2, 0.25) is 0 Å². The highest BCUT2D eigenvalue weighted by molar-refractivity contribution is 5.86. The molecule has 19 heavy (non-hydrogen) atoms. The summed E-state index contributed by atoms with van der Waals surface area (Å²) in [7, 11) is 0. The maximum Gasteiger partial charge on any atom is 0.233 e. The molecule has 1 spiro atoms. The summed E-state index contributed by atoms with van der Waals surface area (Å²) >= 11 is 0. The first kappa shape index (κ1) is 11.9. The van der Waals surface area contributed by atoms with Crippen LogP contribution >= 0.6 is 0 Å². The zero-order valence-electron chi connectivity index (χ0n) is 11.5. The minimum atomic E-state index is -0.0488. The Balaban J connectivity index is 1.60. The SMILES string of the molecule is CC1=C(N2CCC3(CCCCC3)C2=O)COC2OC12. The molecule has 1 saturated carbocycles. The van der Waals surface area contributed by atoms with E-state index in [4.69, 9.17) is 9.47 Å². The molecule has 0 aromatic heterocycles. The van der Waals surface area contributed by atoms with Gasteiger partial charge in [-0.1, -0.05) is 19.3 Å². The fraction of sp³-hybridized carbons (Fsp3) is 0.800. The van der Waals surface area contributed by atoms with Gasteiger partial charge in [-0.25, -0.2) is 0 Å². The molecule has 2 unspecified atom stereocenters. The number of hydrogen-bond donors (Lipinski definition) is 0. The predicted molar refractivity (Wildman–Crippen MR) is 69.2 cm³/mol. The van der Waals surface area contributed by atoms with Crippen molar-refractivity contribution in [2.45, 2.75) is 57.8 Å². The molecule has 1 amide bonds. The van der Waals surface area contributed by atoms with Crippen molar-refractivity contribution in [2.75, 3.05) is 13.2 Å².